The fourth-order valence-electron chi connectivity index (χ4n) is 3.60. The Kier molecular flexibility index (Phi) is 6.88. The SMILES string of the molecule is CN1CCN(CCCc2cc(Cc3ccccc3Cl)cc([N+](=O)[O-])c2O)CC1. The molecule has 1 fully saturated rings. The van der Waals surface area contributed by atoms with Crippen LogP contribution in [0.25, 0.3) is 0 Å². The second kappa shape index (κ2) is 9.37. The highest BCUT2D eigenvalue weighted by atomic mass is 35.5. The number of hydrogen-bond acceptors (Lipinski definition) is 5. The maximum absolute atomic E-state index is 11.4. The van der Waals surface area contributed by atoms with Crippen molar-refractivity contribution >= 4 is 17.3 Å². The zero-order valence-electron chi connectivity index (χ0n) is 16.1. The van der Waals surface area contributed by atoms with Gasteiger partial charge in [0.1, 0.15) is 0 Å². The number of rotatable bonds is 7. The summed E-state index contributed by atoms with van der Waals surface area (Å²) in [6.45, 7) is 5.12. The van der Waals surface area contributed by atoms with Crippen LogP contribution in [0.5, 0.6) is 5.75 Å². The van der Waals surface area contributed by atoms with Crippen LogP contribution in [0.1, 0.15) is 23.1 Å². The smallest absolute Gasteiger partial charge is 0.311 e. The lowest BCUT2D eigenvalue weighted by Crippen LogP contribution is -2.44. The van der Waals surface area contributed by atoms with E-state index in [1.54, 1.807) is 0 Å². The van der Waals surface area contributed by atoms with E-state index in [9.17, 15) is 15.2 Å². The molecule has 28 heavy (non-hydrogen) atoms. The summed E-state index contributed by atoms with van der Waals surface area (Å²) in [6.07, 6.45) is 1.95. The lowest BCUT2D eigenvalue weighted by Gasteiger charge is -2.32. The number of hydrogen-bond donors (Lipinski definition) is 1. The van der Waals surface area contributed by atoms with Crippen LogP contribution in [0.2, 0.25) is 5.02 Å². The summed E-state index contributed by atoms with van der Waals surface area (Å²) in [4.78, 5) is 15.6. The Morgan fingerprint density at radius 1 is 1.14 bits per heavy atom. The predicted octanol–water partition coefficient (Wildman–Crippen LogP) is 3.72. The predicted molar refractivity (Wildman–Crippen MR) is 111 cm³/mol. The number of phenols is 1. The molecule has 1 aliphatic rings. The molecule has 7 heteroatoms. The third-order valence-corrected chi connectivity index (χ3v) is 5.66. The van der Waals surface area contributed by atoms with Crippen molar-refractivity contribution in [3.05, 3.63) is 68.2 Å². The minimum absolute atomic E-state index is 0.216. The van der Waals surface area contributed by atoms with Crippen LogP contribution in [0, 0.1) is 10.1 Å². The summed E-state index contributed by atoms with van der Waals surface area (Å²) in [6, 6.07) is 10.8. The number of likely N-dealkylation sites (N-methyl/N-ethyl adjacent to an activating group) is 1. The van der Waals surface area contributed by atoms with Gasteiger partial charge in [0.05, 0.1) is 4.92 Å². The quantitative estimate of drug-likeness (QED) is 0.563. The normalized spacial score (nSPS) is 15.6. The van der Waals surface area contributed by atoms with Crippen molar-refractivity contribution in [3.8, 4) is 5.75 Å². The molecule has 6 nitrogen and oxygen atoms in total. The van der Waals surface area contributed by atoms with Gasteiger partial charge in [0.25, 0.3) is 0 Å². The second-order valence-corrected chi connectivity index (χ2v) is 7.80. The number of nitro benzene ring substituents is 1. The first-order valence-electron chi connectivity index (χ1n) is 9.57. The zero-order valence-corrected chi connectivity index (χ0v) is 16.9. The molecule has 0 bridgehead atoms. The Labute approximate surface area is 170 Å². The lowest BCUT2D eigenvalue weighted by atomic mass is 9.98. The van der Waals surface area contributed by atoms with Gasteiger partial charge in [0.15, 0.2) is 5.75 Å². The number of benzene rings is 2. The molecule has 1 aliphatic heterocycles. The molecule has 2 aromatic rings. The van der Waals surface area contributed by atoms with Crippen LogP contribution in [-0.4, -0.2) is 59.6 Å². The van der Waals surface area contributed by atoms with Crippen molar-refractivity contribution in [2.24, 2.45) is 0 Å². The number of piperazine rings is 1. The molecule has 1 N–H and O–H groups in total. The maximum atomic E-state index is 11.4. The molecule has 150 valence electrons. The number of nitro groups is 1. The highest BCUT2D eigenvalue weighted by Crippen LogP contribution is 2.33. The summed E-state index contributed by atoms with van der Waals surface area (Å²) in [5.74, 6) is -0.216. The highest BCUT2D eigenvalue weighted by molar-refractivity contribution is 6.31. The van der Waals surface area contributed by atoms with Gasteiger partial charge in [-0.3, -0.25) is 10.1 Å². The van der Waals surface area contributed by atoms with E-state index in [-0.39, 0.29) is 11.4 Å². The first-order valence-corrected chi connectivity index (χ1v) is 9.95. The van der Waals surface area contributed by atoms with E-state index in [1.165, 1.54) is 6.07 Å². The van der Waals surface area contributed by atoms with Crippen LogP contribution in [0.4, 0.5) is 5.69 Å². The molecule has 3 rings (SSSR count). The molecule has 0 saturated carbocycles. The Morgan fingerprint density at radius 2 is 1.86 bits per heavy atom. The van der Waals surface area contributed by atoms with Gasteiger partial charge in [0.2, 0.25) is 0 Å². The standard InChI is InChI=1S/C21H26ClN3O3/c1-23-9-11-24(12-10-23)8-4-6-18-14-16(15-20(21(18)26)25(27)28)13-17-5-2-3-7-19(17)22/h2-3,5,7,14-15,26H,4,6,8-13H2,1H3. The first kappa shape index (κ1) is 20.6. The minimum Gasteiger partial charge on any atom is -0.502 e. The third kappa shape index (κ3) is 5.22. The van der Waals surface area contributed by atoms with E-state index in [0.717, 1.165) is 50.3 Å². The average Bonchev–Trinajstić information content (AvgIpc) is 2.67. The van der Waals surface area contributed by atoms with Crippen LogP contribution in [-0.2, 0) is 12.8 Å². The van der Waals surface area contributed by atoms with E-state index in [0.29, 0.717) is 23.4 Å². The molecule has 0 aromatic heterocycles. The van der Waals surface area contributed by atoms with Gasteiger partial charge >= 0.3 is 5.69 Å². The van der Waals surface area contributed by atoms with E-state index in [4.69, 9.17) is 11.6 Å². The average molecular weight is 404 g/mol. The molecule has 1 saturated heterocycles. The van der Waals surface area contributed by atoms with Crippen molar-refractivity contribution in [2.45, 2.75) is 19.3 Å². The van der Waals surface area contributed by atoms with Crippen molar-refractivity contribution in [3.63, 3.8) is 0 Å². The molecule has 0 atom stereocenters. The van der Waals surface area contributed by atoms with E-state index < -0.39 is 4.92 Å². The van der Waals surface area contributed by atoms with Gasteiger partial charge in [-0.05, 0) is 50.0 Å². The van der Waals surface area contributed by atoms with Gasteiger partial charge in [0, 0.05) is 42.8 Å². The number of aryl methyl sites for hydroxylation is 1. The van der Waals surface area contributed by atoms with Crippen LogP contribution in [0.15, 0.2) is 36.4 Å². The number of halogens is 1. The van der Waals surface area contributed by atoms with E-state index in [2.05, 4.69) is 16.8 Å². The van der Waals surface area contributed by atoms with Gasteiger partial charge in [-0.15, -0.1) is 0 Å². The van der Waals surface area contributed by atoms with Crippen LogP contribution < -0.4 is 0 Å². The Balaban J connectivity index is 1.73. The fraction of sp³-hybridized carbons (Fsp3) is 0.429. The molecule has 0 radical (unpaired) electrons. The third-order valence-electron chi connectivity index (χ3n) is 5.29. The van der Waals surface area contributed by atoms with Crippen LogP contribution >= 0.6 is 11.6 Å². The highest BCUT2D eigenvalue weighted by Gasteiger charge is 2.20. The minimum atomic E-state index is -0.518. The zero-order chi connectivity index (χ0) is 20.1. The molecule has 0 amide bonds. The molecule has 1 heterocycles. The van der Waals surface area contributed by atoms with Gasteiger partial charge in [-0.25, -0.2) is 0 Å². The van der Waals surface area contributed by atoms with Crippen molar-refractivity contribution in [1.29, 1.82) is 0 Å². The van der Waals surface area contributed by atoms with Crippen molar-refractivity contribution < 1.29 is 10.0 Å². The molecule has 0 unspecified atom stereocenters. The second-order valence-electron chi connectivity index (χ2n) is 7.40. The first-order chi connectivity index (χ1) is 13.4. The van der Waals surface area contributed by atoms with E-state index >= 15 is 0 Å². The van der Waals surface area contributed by atoms with Gasteiger partial charge in [-0.1, -0.05) is 35.9 Å². The lowest BCUT2D eigenvalue weighted by molar-refractivity contribution is -0.386. The number of aromatic hydroxyl groups is 1. The number of nitrogens with zero attached hydrogens (tertiary/aromatic N) is 3. The Bertz CT molecular complexity index is 836. The summed E-state index contributed by atoms with van der Waals surface area (Å²) in [5.41, 5.74) is 2.09. The van der Waals surface area contributed by atoms with Crippen molar-refractivity contribution in [2.75, 3.05) is 39.8 Å². The van der Waals surface area contributed by atoms with Gasteiger partial charge in [-0.2, -0.15) is 0 Å². The molecular weight excluding hydrogens is 378 g/mol. The summed E-state index contributed by atoms with van der Waals surface area (Å²) in [7, 11) is 2.12. The fourth-order valence-corrected chi connectivity index (χ4v) is 3.80. The van der Waals surface area contributed by atoms with Crippen LogP contribution in [0.3, 0.4) is 0 Å². The summed E-state index contributed by atoms with van der Waals surface area (Å²) in [5, 5.41) is 22.4. The maximum Gasteiger partial charge on any atom is 0.311 e. The van der Waals surface area contributed by atoms with Crippen molar-refractivity contribution in [1.82, 2.24) is 9.80 Å². The number of phenolic OH excluding ortho intramolecular Hbond substituents is 1. The molecule has 0 spiro atoms. The van der Waals surface area contributed by atoms with Gasteiger partial charge < -0.3 is 14.9 Å². The molecular formula is C21H26ClN3O3. The summed E-state index contributed by atoms with van der Waals surface area (Å²) >= 11 is 6.24. The van der Waals surface area contributed by atoms with E-state index in [1.807, 2.05) is 30.3 Å². The Morgan fingerprint density at radius 3 is 2.54 bits per heavy atom. The molecule has 0 aliphatic carbocycles. The topological polar surface area (TPSA) is 69.9 Å². The molecule has 2 aromatic carbocycles. The summed E-state index contributed by atoms with van der Waals surface area (Å²) < 4.78 is 0. The largest absolute Gasteiger partial charge is 0.502 e. The monoisotopic (exact) mass is 403 g/mol. The Hall–Kier alpha value is -2.15.